The maximum absolute atomic E-state index is 14.4. The lowest BCUT2D eigenvalue weighted by molar-refractivity contribution is -0.135. The smallest absolute Gasteiger partial charge is 0.243 e. The lowest BCUT2D eigenvalue weighted by atomic mass is 9.84. The summed E-state index contributed by atoms with van der Waals surface area (Å²) in [5.74, 6) is -4.83. The summed E-state index contributed by atoms with van der Waals surface area (Å²) >= 11 is 0. The first-order valence-electron chi connectivity index (χ1n) is 21.5. The molecule has 0 spiro atoms. The van der Waals surface area contributed by atoms with Crippen molar-refractivity contribution >= 4 is 47.4 Å². The Morgan fingerprint density at radius 2 is 1.05 bits per heavy atom. The molecule has 0 saturated heterocycles. The van der Waals surface area contributed by atoms with Crippen molar-refractivity contribution in [1.82, 2.24) is 26.6 Å². The Kier molecular flexibility index (Phi) is 21.8. The summed E-state index contributed by atoms with van der Waals surface area (Å²) in [4.78, 5) is 89.8. The number of halogens is 1. The predicted octanol–water partition coefficient (Wildman–Crippen LogP) is -0.665. The van der Waals surface area contributed by atoms with E-state index in [9.17, 15) is 33.2 Å². The summed E-state index contributed by atoms with van der Waals surface area (Å²) in [6.07, 6.45) is 6.10. The molecular weight excluding hydrogens is 814 g/mol. The van der Waals surface area contributed by atoms with Crippen LogP contribution in [0.15, 0.2) is 64.6 Å². The molecule has 0 bridgehead atoms. The molecule has 17 N–H and O–H groups in total. The minimum Gasteiger partial charge on any atom is -0.370 e. The zero-order valence-corrected chi connectivity index (χ0v) is 36.0. The zero-order chi connectivity index (χ0) is 46.3. The van der Waals surface area contributed by atoms with E-state index in [1.807, 2.05) is 6.07 Å². The number of nitrogens with two attached hydrogens (primary N) is 6. The van der Waals surface area contributed by atoms with Gasteiger partial charge in [-0.15, -0.1) is 0 Å². The van der Waals surface area contributed by atoms with Gasteiger partial charge in [0.2, 0.25) is 35.4 Å². The van der Waals surface area contributed by atoms with Crippen LogP contribution in [0.2, 0.25) is 0 Å². The Balaban J connectivity index is 1.92. The molecular formula is C43H66FN13O6. The van der Waals surface area contributed by atoms with Gasteiger partial charge >= 0.3 is 0 Å². The molecule has 2 aromatic rings. The molecule has 6 atom stereocenters. The Labute approximate surface area is 368 Å². The molecule has 20 heteroatoms. The molecule has 6 amide bonds. The van der Waals surface area contributed by atoms with E-state index in [4.69, 9.17) is 34.4 Å². The third-order valence-corrected chi connectivity index (χ3v) is 10.7. The van der Waals surface area contributed by atoms with Crippen LogP contribution in [0.25, 0.3) is 0 Å². The third-order valence-electron chi connectivity index (χ3n) is 10.7. The molecule has 1 aliphatic rings. The monoisotopic (exact) mass is 880 g/mol. The van der Waals surface area contributed by atoms with Gasteiger partial charge in [0.1, 0.15) is 36.0 Å². The molecule has 1 fully saturated rings. The van der Waals surface area contributed by atoms with Gasteiger partial charge in [0, 0.05) is 25.9 Å². The van der Waals surface area contributed by atoms with E-state index < -0.39 is 77.5 Å². The van der Waals surface area contributed by atoms with Gasteiger partial charge in [0.25, 0.3) is 0 Å². The number of aliphatic imine (C=N–C) groups is 2. The second kappa shape index (κ2) is 26.9. The van der Waals surface area contributed by atoms with Crippen LogP contribution >= 0.6 is 0 Å². The fraction of sp³-hybridized carbons (Fsp3) is 0.535. The van der Waals surface area contributed by atoms with Crippen LogP contribution in [0.1, 0.15) is 88.7 Å². The highest BCUT2D eigenvalue weighted by atomic mass is 19.1. The number of amides is 6. The van der Waals surface area contributed by atoms with Crippen molar-refractivity contribution in [2.24, 2.45) is 50.3 Å². The fourth-order valence-electron chi connectivity index (χ4n) is 7.23. The summed E-state index contributed by atoms with van der Waals surface area (Å²) in [5.41, 5.74) is 34.8. The van der Waals surface area contributed by atoms with Crippen LogP contribution in [0, 0.1) is 11.7 Å². The van der Waals surface area contributed by atoms with Crippen LogP contribution in [-0.4, -0.2) is 96.7 Å². The van der Waals surface area contributed by atoms with Gasteiger partial charge in [-0.2, -0.15) is 0 Å². The quantitative estimate of drug-likeness (QED) is 0.0320. The van der Waals surface area contributed by atoms with Crippen LogP contribution in [0.4, 0.5) is 4.39 Å². The molecule has 0 aromatic heterocycles. The molecule has 63 heavy (non-hydrogen) atoms. The van der Waals surface area contributed by atoms with Crippen molar-refractivity contribution in [3.8, 4) is 0 Å². The number of carbonyl (C=O) groups is 6. The molecule has 0 unspecified atom stereocenters. The Hall–Kier alpha value is -6.31. The first kappa shape index (κ1) is 51.0. The molecule has 1 saturated carbocycles. The van der Waals surface area contributed by atoms with Crippen LogP contribution < -0.4 is 61.0 Å². The number of hydrogen-bond donors (Lipinski definition) is 11. The number of guanidine groups is 2. The molecule has 19 nitrogen and oxygen atoms in total. The van der Waals surface area contributed by atoms with Crippen molar-refractivity contribution in [3.63, 3.8) is 0 Å². The average molecular weight is 880 g/mol. The van der Waals surface area contributed by atoms with Crippen LogP contribution in [0.3, 0.4) is 0 Å². The van der Waals surface area contributed by atoms with Gasteiger partial charge in [-0.3, -0.25) is 38.8 Å². The zero-order valence-electron chi connectivity index (χ0n) is 36.0. The SMILES string of the molecule is C[C@H](N)C(=O)N[C@@H](Cc1ccc(F)cc1)C(=O)N[C@@H](CCCN=C(N)N)C(=O)N[C@@H](CC1CCCCC1)C(=O)N[C@@H](CCCCN=C(N)N)C(=O)N[C@@H](Cc1ccccc1)C(N)=O. The van der Waals surface area contributed by atoms with E-state index >= 15 is 0 Å². The first-order chi connectivity index (χ1) is 30.0. The minimum atomic E-state index is -1.25. The van der Waals surface area contributed by atoms with E-state index in [0.29, 0.717) is 18.4 Å². The first-order valence-corrected chi connectivity index (χ1v) is 21.5. The van der Waals surface area contributed by atoms with E-state index in [-0.39, 0.29) is 69.5 Å². The maximum atomic E-state index is 14.4. The second-order valence-corrected chi connectivity index (χ2v) is 16.0. The molecule has 2 aromatic carbocycles. The Bertz CT molecular complexity index is 1850. The lowest BCUT2D eigenvalue weighted by Crippen LogP contribution is -2.60. The van der Waals surface area contributed by atoms with Gasteiger partial charge in [-0.25, -0.2) is 4.39 Å². The number of nitrogens with zero attached hydrogens (tertiary/aromatic N) is 2. The summed E-state index contributed by atoms with van der Waals surface area (Å²) < 4.78 is 13.7. The van der Waals surface area contributed by atoms with E-state index in [0.717, 1.165) is 37.7 Å². The highest BCUT2D eigenvalue weighted by molar-refractivity contribution is 5.96. The van der Waals surface area contributed by atoms with Crippen molar-refractivity contribution < 1.29 is 33.2 Å². The highest BCUT2D eigenvalue weighted by Crippen LogP contribution is 2.27. The normalized spacial score (nSPS) is 15.5. The Morgan fingerprint density at radius 3 is 1.60 bits per heavy atom. The van der Waals surface area contributed by atoms with Gasteiger partial charge in [0.05, 0.1) is 6.04 Å². The number of unbranched alkanes of at least 4 members (excludes halogenated alkanes) is 1. The summed E-state index contributed by atoms with van der Waals surface area (Å²) in [6, 6.07) is 7.52. The number of carbonyl (C=O) groups excluding carboxylic acids is 6. The molecule has 0 heterocycles. The van der Waals surface area contributed by atoms with Crippen LogP contribution in [0.5, 0.6) is 0 Å². The van der Waals surface area contributed by atoms with E-state index in [2.05, 4.69) is 36.6 Å². The molecule has 3 rings (SSSR count). The van der Waals surface area contributed by atoms with Gasteiger partial charge in [-0.05, 0) is 74.6 Å². The standard InChI is InChI=1S/C43H66FN13O6/c1-26(45)37(59)56-34(25-29-17-19-30(44)20-18-29)40(62)54-32(16-10-22-52-43(49)50)39(61)57-35(24-28-13-6-3-7-14-28)41(63)53-31(15-8-9-21-51-42(47)48)38(60)55-33(36(46)58)23-27-11-4-2-5-12-27/h2,4-5,11-12,17-20,26,28,31-35H,3,6-10,13-16,21-25,45H2,1H3,(H2,46,58)(H,53,63)(H,54,62)(H,55,60)(H,56,59)(H,57,61)(H4,47,48,51)(H4,49,50,52)/t26-,31-,32-,33-,34-,35-/m0/s1. The average Bonchev–Trinajstić information content (AvgIpc) is 3.24. The predicted molar refractivity (Wildman–Crippen MR) is 238 cm³/mol. The molecule has 0 aliphatic heterocycles. The summed E-state index contributed by atoms with van der Waals surface area (Å²) in [5, 5.41) is 13.7. The largest absolute Gasteiger partial charge is 0.370 e. The lowest BCUT2D eigenvalue weighted by Gasteiger charge is -2.30. The van der Waals surface area contributed by atoms with Crippen LogP contribution in [-0.2, 0) is 41.6 Å². The van der Waals surface area contributed by atoms with E-state index in [1.165, 1.54) is 31.2 Å². The van der Waals surface area contributed by atoms with Gasteiger partial charge in [0.15, 0.2) is 11.9 Å². The topological polar surface area (TPSA) is 343 Å². The summed E-state index contributed by atoms with van der Waals surface area (Å²) in [6.45, 7) is 1.84. The number of benzene rings is 2. The molecule has 1 aliphatic carbocycles. The maximum Gasteiger partial charge on any atom is 0.243 e. The molecule has 0 radical (unpaired) electrons. The van der Waals surface area contributed by atoms with Crippen molar-refractivity contribution in [3.05, 3.63) is 71.5 Å². The van der Waals surface area contributed by atoms with Crippen molar-refractivity contribution in [1.29, 1.82) is 0 Å². The minimum absolute atomic E-state index is 0.0212. The fourth-order valence-corrected chi connectivity index (χ4v) is 7.23. The number of primary amides is 1. The number of nitrogens with one attached hydrogen (secondary N) is 5. The van der Waals surface area contributed by atoms with Gasteiger partial charge in [-0.1, -0.05) is 74.6 Å². The van der Waals surface area contributed by atoms with Crippen molar-refractivity contribution in [2.75, 3.05) is 13.1 Å². The third kappa shape index (κ3) is 19.5. The summed E-state index contributed by atoms with van der Waals surface area (Å²) in [7, 11) is 0. The van der Waals surface area contributed by atoms with Crippen molar-refractivity contribution in [2.45, 2.75) is 127 Å². The number of rotatable bonds is 26. The van der Waals surface area contributed by atoms with E-state index in [1.54, 1.807) is 24.3 Å². The highest BCUT2D eigenvalue weighted by Gasteiger charge is 2.34. The Morgan fingerprint density at radius 1 is 0.587 bits per heavy atom. The number of hydrogen-bond acceptors (Lipinski definition) is 9. The van der Waals surface area contributed by atoms with Gasteiger partial charge < -0.3 is 61.0 Å². The second-order valence-electron chi connectivity index (χ2n) is 16.0. The molecule has 346 valence electrons.